The molecule has 1 aliphatic rings. The van der Waals surface area contributed by atoms with E-state index in [9.17, 15) is 27.2 Å². The Bertz CT molecular complexity index is 1480. The van der Waals surface area contributed by atoms with Crippen molar-refractivity contribution in [3.05, 3.63) is 98.8 Å². The zero-order valence-electron chi connectivity index (χ0n) is 20.7. The van der Waals surface area contributed by atoms with E-state index in [1.165, 1.54) is 42.5 Å². The van der Waals surface area contributed by atoms with Crippen LogP contribution in [0.4, 0.5) is 8.78 Å². The number of hydrogen-bond acceptors (Lipinski definition) is 7. The average Bonchev–Trinajstić information content (AvgIpc) is 3.73. The monoisotopic (exact) mass is 613 g/mol. The highest BCUT2D eigenvalue weighted by molar-refractivity contribution is 7.94. The summed E-state index contributed by atoms with van der Waals surface area (Å²) in [5.41, 5.74) is 0.563. The summed E-state index contributed by atoms with van der Waals surface area (Å²) in [7, 11) is -3.94. The summed E-state index contributed by atoms with van der Waals surface area (Å²) in [5, 5.41) is 12.4. The van der Waals surface area contributed by atoms with Crippen molar-refractivity contribution in [2.24, 2.45) is 5.92 Å². The van der Waals surface area contributed by atoms with Gasteiger partial charge in [0.15, 0.2) is 33.7 Å². The summed E-state index contributed by atoms with van der Waals surface area (Å²) in [5.74, 6) is -0.911. The van der Waals surface area contributed by atoms with E-state index in [4.69, 9.17) is 32.7 Å². The van der Waals surface area contributed by atoms with Crippen molar-refractivity contribution < 1.29 is 40.9 Å². The van der Waals surface area contributed by atoms with E-state index in [0.29, 0.717) is 21.6 Å². The molecule has 2 aromatic carbocycles. The minimum Gasteiger partial charge on any atom is -0.619 e. The van der Waals surface area contributed by atoms with Crippen molar-refractivity contribution in [2.75, 3.05) is 6.61 Å². The molecule has 40 heavy (non-hydrogen) atoms. The van der Waals surface area contributed by atoms with Gasteiger partial charge in [-0.1, -0.05) is 47.5 Å². The molecule has 0 spiro atoms. The molecule has 0 N–H and O–H groups in total. The first-order valence-electron chi connectivity index (χ1n) is 12.0. The third-order valence-corrected chi connectivity index (χ3v) is 7.96. The van der Waals surface area contributed by atoms with Gasteiger partial charge in [0.2, 0.25) is 0 Å². The first-order valence-corrected chi connectivity index (χ1v) is 14.3. The average molecular weight is 614 g/mol. The molecular weight excluding hydrogens is 591 g/mol. The van der Waals surface area contributed by atoms with Crippen LogP contribution in [-0.4, -0.2) is 27.6 Å². The molecule has 8 nitrogen and oxygen atoms in total. The van der Waals surface area contributed by atoms with Crippen LogP contribution in [-0.2, 0) is 25.8 Å². The number of carbonyl (C=O) groups excluding carboxylic acids is 1. The smallest absolute Gasteiger partial charge is 0.387 e. The second-order valence-corrected chi connectivity index (χ2v) is 11.6. The molecule has 1 saturated carbocycles. The zero-order chi connectivity index (χ0) is 28.9. The first kappa shape index (κ1) is 29.6. The maximum Gasteiger partial charge on any atom is 0.387 e. The summed E-state index contributed by atoms with van der Waals surface area (Å²) in [6, 6.07) is 11.5. The number of benzene rings is 2. The minimum absolute atomic E-state index is 0.00592. The molecule has 1 fully saturated rings. The molecule has 0 amide bonds. The predicted octanol–water partition coefficient (Wildman–Crippen LogP) is 5.83. The molecule has 1 heterocycles. The summed E-state index contributed by atoms with van der Waals surface area (Å²) >= 11 is 12.5. The van der Waals surface area contributed by atoms with Crippen LogP contribution in [0.25, 0.3) is 0 Å². The Labute approximate surface area is 239 Å². The van der Waals surface area contributed by atoms with Gasteiger partial charge in [-0.3, -0.25) is 0 Å². The molecule has 1 atom stereocenters. The second kappa shape index (κ2) is 12.8. The Morgan fingerprint density at radius 3 is 2.38 bits per heavy atom. The number of ether oxygens (including phenoxy) is 3. The lowest BCUT2D eigenvalue weighted by molar-refractivity contribution is -0.605. The zero-order valence-corrected chi connectivity index (χ0v) is 23.0. The fourth-order valence-corrected chi connectivity index (χ4v) is 5.26. The fourth-order valence-electron chi connectivity index (χ4n) is 3.68. The number of pyridine rings is 1. The van der Waals surface area contributed by atoms with Crippen molar-refractivity contribution in [1.82, 2.24) is 0 Å². The number of esters is 1. The van der Waals surface area contributed by atoms with E-state index in [-0.39, 0.29) is 45.0 Å². The predicted molar refractivity (Wildman–Crippen MR) is 142 cm³/mol. The van der Waals surface area contributed by atoms with Crippen LogP contribution < -0.4 is 14.2 Å². The SMILES string of the molecule is O=C(C=CS(=O)(=O)c1ccccc1)OC(Cc1c(Cl)c[n+]([O-])cc1Cl)c1ccc(OC(F)F)c(OCC2CC2)c1. The highest BCUT2D eigenvalue weighted by Gasteiger charge is 2.26. The van der Waals surface area contributed by atoms with Gasteiger partial charge in [0.25, 0.3) is 0 Å². The number of halogens is 4. The van der Waals surface area contributed by atoms with Crippen LogP contribution in [0.15, 0.2) is 77.3 Å². The van der Waals surface area contributed by atoms with E-state index < -0.39 is 28.5 Å². The van der Waals surface area contributed by atoms with Crippen molar-refractivity contribution in [3.63, 3.8) is 0 Å². The molecule has 1 unspecified atom stereocenters. The van der Waals surface area contributed by atoms with Crippen molar-refractivity contribution in [1.29, 1.82) is 0 Å². The Balaban J connectivity index is 1.65. The Kier molecular flexibility index (Phi) is 9.49. The van der Waals surface area contributed by atoms with Crippen LogP contribution in [0.5, 0.6) is 11.5 Å². The molecule has 0 saturated heterocycles. The van der Waals surface area contributed by atoms with Gasteiger partial charge in [0, 0.05) is 23.5 Å². The number of alkyl halides is 2. The van der Waals surface area contributed by atoms with Gasteiger partial charge in [-0.05, 0) is 48.6 Å². The lowest BCUT2D eigenvalue weighted by Crippen LogP contribution is -2.25. The highest BCUT2D eigenvalue weighted by atomic mass is 35.5. The molecule has 0 aliphatic heterocycles. The maximum absolute atomic E-state index is 13.0. The standard InChI is InChI=1S/C27H23Cl2F2NO7S/c28-21-14-32(34)15-22(29)20(21)13-24(38-26(33)10-11-40(35,36)19-4-2-1-3-5-19)18-8-9-23(39-27(30)31)25(12-18)37-16-17-6-7-17/h1-5,8-12,14-15,17,24,27H,6-7,13,16H2. The Morgan fingerprint density at radius 2 is 1.75 bits per heavy atom. The van der Waals surface area contributed by atoms with E-state index in [1.54, 1.807) is 6.07 Å². The number of carbonyl (C=O) groups is 1. The third-order valence-electron chi connectivity index (χ3n) is 5.89. The van der Waals surface area contributed by atoms with E-state index in [0.717, 1.165) is 31.3 Å². The van der Waals surface area contributed by atoms with Crippen molar-refractivity contribution in [3.8, 4) is 11.5 Å². The van der Waals surface area contributed by atoms with Gasteiger partial charge < -0.3 is 19.4 Å². The molecule has 13 heteroatoms. The number of sulfone groups is 1. The van der Waals surface area contributed by atoms with E-state index in [1.807, 2.05) is 0 Å². The molecule has 3 aromatic rings. The van der Waals surface area contributed by atoms with Gasteiger partial charge in [0.05, 0.1) is 11.5 Å². The number of aromatic nitrogens is 1. The van der Waals surface area contributed by atoms with Crippen LogP contribution in [0, 0.1) is 11.1 Å². The summed E-state index contributed by atoms with van der Waals surface area (Å²) < 4.78 is 67.4. The number of rotatable bonds is 12. The normalized spacial score (nSPS) is 14.3. The quantitative estimate of drug-likeness (QED) is 0.109. The van der Waals surface area contributed by atoms with Crippen molar-refractivity contribution in [2.45, 2.75) is 36.9 Å². The van der Waals surface area contributed by atoms with E-state index >= 15 is 0 Å². The van der Waals surface area contributed by atoms with Crippen molar-refractivity contribution >= 4 is 39.0 Å². The number of nitrogens with zero attached hydrogens (tertiary/aromatic N) is 1. The summed E-state index contributed by atoms with van der Waals surface area (Å²) in [6.45, 7) is -2.81. The molecule has 1 aliphatic carbocycles. The van der Waals surface area contributed by atoms with Gasteiger partial charge in [0.1, 0.15) is 16.1 Å². The topological polar surface area (TPSA) is 106 Å². The molecule has 4 rings (SSSR count). The summed E-state index contributed by atoms with van der Waals surface area (Å²) in [6.07, 6.45) is 3.52. The van der Waals surface area contributed by atoms with Crippen LogP contribution >= 0.6 is 23.2 Å². The second-order valence-electron chi connectivity index (χ2n) is 8.92. The fraction of sp³-hybridized carbons (Fsp3) is 0.259. The largest absolute Gasteiger partial charge is 0.619 e. The van der Waals surface area contributed by atoms with Gasteiger partial charge in [-0.25, -0.2) is 13.2 Å². The first-order chi connectivity index (χ1) is 19.0. The van der Waals surface area contributed by atoms with Crippen LogP contribution in [0.2, 0.25) is 10.0 Å². The highest BCUT2D eigenvalue weighted by Crippen LogP contribution is 2.37. The van der Waals surface area contributed by atoms with E-state index in [2.05, 4.69) is 4.74 Å². The third kappa shape index (κ3) is 8.06. The summed E-state index contributed by atoms with van der Waals surface area (Å²) in [4.78, 5) is 12.8. The molecular formula is C27H23Cl2F2NO7S. The van der Waals surface area contributed by atoms with Crippen LogP contribution in [0.1, 0.15) is 30.1 Å². The Hall–Kier alpha value is -3.41. The van der Waals surface area contributed by atoms with Gasteiger partial charge in [-0.15, -0.1) is 0 Å². The number of hydrogen-bond donors (Lipinski definition) is 0. The lowest BCUT2D eigenvalue weighted by atomic mass is 10.0. The Morgan fingerprint density at radius 1 is 1.07 bits per heavy atom. The molecule has 212 valence electrons. The molecule has 0 radical (unpaired) electrons. The minimum atomic E-state index is -3.94. The molecule has 1 aromatic heterocycles. The van der Waals surface area contributed by atoms with Gasteiger partial charge in [-0.2, -0.15) is 13.5 Å². The lowest BCUT2D eigenvalue weighted by Gasteiger charge is -2.21. The van der Waals surface area contributed by atoms with Crippen LogP contribution in [0.3, 0.4) is 0 Å². The molecule has 0 bridgehead atoms. The maximum atomic E-state index is 13.0. The van der Waals surface area contributed by atoms with Gasteiger partial charge >= 0.3 is 12.6 Å².